The lowest BCUT2D eigenvalue weighted by Gasteiger charge is -2.04. The van der Waals surface area contributed by atoms with Gasteiger partial charge in [-0.3, -0.25) is 0 Å². The van der Waals surface area contributed by atoms with E-state index in [0.29, 0.717) is 11.5 Å². The maximum absolute atomic E-state index is 12.3. The van der Waals surface area contributed by atoms with Gasteiger partial charge in [0.2, 0.25) is 0 Å². The third-order valence-corrected chi connectivity index (χ3v) is 5.12. The van der Waals surface area contributed by atoms with Crippen molar-refractivity contribution < 1.29 is 9.53 Å². The molecule has 0 aliphatic rings. The van der Waals surface area contributed by atoms with Gasteiger partial charge in [-0.2, -0.15) is 0 Å². The maximum Gasteiger partial charge on any atom is 0.350 e. The van der Waals surface area contributed by atoms with E-state index in [2.05, 4.69) is 42.0 Å². The van der Waals surface area contributed by atoms with Gasteiger partial charge in [-0.25, -0.2) is 14.8 Å². The van der Waals surface area contributed by atoms with E-state index in [9.17, 15) is 4.79 Å². The first kappa shape index (κ1) is 17.4. The molecule has 0 bridgehead atoms. The highest BCUT2D eigenvalue weighted by Gasteiger charge is 2.18. The predicted molar refractivity (Wildman–Crippen MR) is 98.9 cm³/mol. The molecule has 3 aromatic rings. The van der Waals surface area contributed by atoms with Crippen LogP contribution in [0.3, 0.4) is 0 Å². The zero-order chi connectivity index (χ0) is 17.8. The summed E-state index contributed by atoms with van der Waals surface area (Å²) < 4.78 is 7.37. The number of hydrogen-bond acceptors (Lipinski definition) is 5. The summed E-state index contributed by atoms with van der Waals surface area (Å²) in [5.74, 6) is -0.295. The fourth-order valence-electron chi connectivity index (χ4n) is 2.65. The van der Waals surface area contributed by atoms with E-state index in [-0.39, 0.29) is 5.97 Å². The van der Waals surface area contributed by atoms with Gasteiger partial charge in [-0.05, 0) is 32.8 Å². The number of esters is 1. The summed E-state index contributed by atoms with van der Waals surface area (Å²) in [7, 11) is 0. The van der Waals surface area contributed by atoms with Crippen molar-refractivity contribution in [3.63, 3.8) is 0 Å². The number of hydrogen-bond donors (Lipinski definition) is 0. The minimum atomic E-state index is -0.295. The van der Waals surface area contributed by atoms with Gasteiger partial charge in [-0.1, -0.05) is 23.8 Å². The van der Waals surface area contributed by atoms with Gasteiger partial charge >= 0.3 is 5.97 Å². The van der Waals surface area contributed by atoms with Crippen molar-refractivity contribution in [1.29, 1.82) is 0 Å². The number of ether oxygens (including phenoxy) is 1. The predicted octanol–water partition coefficient (Wildman–Crippen LogP) is 4.18. The van der Waals surface area contributed by atoms with Crippen LogP contribution in [0.2, 0.25) is 0 Å². The second kappa shape index (κ2) is 7.61. The maximum atomic E-state index is 12.3. The lowest BCUT2D eigenvalue weighted by molar-refractivity contribution is 0.0500. The second-order valence-electron chi connectivity index (χ2n) is 6.04. The molecule has 2 heterocycles. The van der Waals surface area contributed by atoms with Crippen molar-refractivity contribution >= 4 is 17.3 Å². The SMILES string of the molecule is Cc1ccc(-c2nc(C)c(C(=O)OCCCn3ccnc3)s2)c(C)c1. The third-order valence-electron chi connectivity index (χ3n) is 3.95. The molecule has 25 heavy (non-hydrogen) atoms. The van der Waals surface area contributed by atoms with Crippen molar-refractivity contribution in [2.24, 2.45) is 0 Å². The number of thiazole rings is 1. The Morgan fingerprint density at radius 1 is 1.28 bits per heavy atom. The molecule has 5 nitrogen and oxygen atoms in total. The smallest absolute Gasteiger partial charge is 0.350 e. The van der Waals surface area contributed by atoms with Crippen molar-refractivity contribution in [1.82, 2.24) is 14.5 Å². The van der Waals surface area contributed by atoms with Crippen molar-refractivity contribution in [2.75, 3.05) is 6.61 Å². The first-order chi connectivity index (χ1) is 12.0. The lowest BCUT2D eigenvalue weighted by atomic mass is 10.1. The summed E-state index contributed by atoms with van der Waals surface area (Å²) in [5, 5.41) is 0.861. The van der Waals surface area contributed by atoms with E-state index in [4.69, 9.17) is 4.74 Å². The normalized spacial score (nSPS) is 10.8. The Hall–Kier alpha value is -2.47. The molecule has 0 spiro atoms. The van der Waals surface area contributed by atoms with Gasteiger partial charge < -0.3 is 9.30 Å². The Balaban J connectivity index is 1.64. The Morgan fingerprint density at radius 2 is 2.12 bits per heavy atom. The van der Waals surface area contributed by atoms with Crippen LogP contribution in [-0.4, -0.2) is 27.1 Å². The van der Waals surface area contributed by atoms with Gasteiger partial charge in [0.15, 0.2) is 0 Å². The monoisotopic (exact) mass is 355 g/mol. The molecule has 0 saturated heterocycles. The van der Waals surface area contributed by atoms with E-state index in [0.717, 1.165) is 34.8 Å². The van der Waals surface area contributed by atoms with E-state index in [1.54, 1.807) is 12.5 Å². The van der Waals surface area contributed by atoms with Gasteiger partial charge in [-0.15, -0.1) is 11.3 Å². The highest BCUT2D eigenvalue weighted by atomic mass is 32.1. The quantitative estimate of drug-likeness (QED) is 0.492. The molecule has 0 aliphatic heterocycles. The van der Waals surface area contributed by atoms with Crippen LogP contribution in [-0.2, 0) is 11.3 Å². The van der Waals surface area contributed by atoms with Gasteiger partial charge in [0.25, 0.3) is 0 Å². The van der Waals surface area contributed by atoms with Crippen LogP contribution in [0.5, 0.6) is 0 Å². The van der Waals surface area contributed by atoms with Gasteiger partial charge in [0, 0.05) is 24.5 Å². The minimum Gasteiger partial charge on any atom is -0.461 e. The van der Waals surface area contributed by atoms with E-state index in [1.807, 2.05) is 17.7 Å². The molecule has 130 valence electrons. The van der Waals surface area contributed by atoms with Gasteiger partial charge in [0.05, 0.1) is 18.6 Å². The van der Waals surface area contributed by atoms with E-state index < -0.39 is 0 Å². The molecule has 1 aromatic carbocycles. The molecule has 0 amide bonds. The molecule has 2 aromatic heterocycles. The number of aromatic nitrogens is 3. The molecule has 0 radical (unpaired) electrons. The van der Waals surface area contributed by atoms with Crippen LogP contribution in [0.1, 0.15) is 32.9 Å². The Kier molecular flexibility index (Phi) is 5.28. The van der Waals surface area contributed by atoms with Crippen LogP contribution >= 0.6 is 11.3 Å². The summed E-state index contributed by atoms with van der Waals surface area (Å²) in [5.41, 5.74) is 4.17. The second-order valence-corrected chi connectivity index (χ2v) is 7.04. The van der Waals surface area contributed by atoms with Crippen molar-refractivity contribution in [3.8, 4) is 10.6 Å². The molecule has 0 N–H and O–H groups in total. The zero-order valence-electron chi connectivity index (χ0n) is 14.7. The minimum absolute atomic E-state index is 0.295. The third kappa shape index (κ3) is 4.14. The first-order valence-corrected chi connectivity index (χ1v) is 9.04. The number of nitrogens with zero attached hydrogens (tertiary/aromatic N) is 3. The highest BCUT2D eigenvalue weighted by molar-refractivity contribution is 7.17. The van der Waals surface area contributed by atoms with Crippen molar-refractivity contribution in [2.45, 2.75) is 33.7 Å². The summed E-state index contributed by atoms with van der Waals surface area (Å²) in [4.78, 5) is 21.5. The molecule has 0 fully saturated rings. The van der Waals surface area contributed by atoms with Crippen LogP contribution in [0, 0.1) is 20.8 Å². The Morgan fingerprint density at radius 3 is 2.84 bits per heavy atom. The van der Waals surface area contributed by atoms with Crippen LogP contribution in [0.15, 0.2) is 36.9 Å². The largest absolute Gasteiger partial charge is 0.461 e. The van der Waals surface area contributed by atoms with E-state index >= 15 is 0 Å². The topological polar surface area (TPSA) is 57.0 Å². The van der Waals surface area contributed by atoms with E-state index in [1.165, 1.54) is 16.9 Å². The summed E-state index contributed by atoms with van der Waals surface area (Å²) >= 11 is 1.40. The lowest BCUT2D eigenvalue weighted by Crippen LogP contribution is -2.08. The summed E-state index contributed by atoms with van der Waals surface area (Å²) in [6.45, 7) is 7.14. The number of aryl methyl sites for hydroxylation is 4. The molecular weight excluding hydrogens is 334 g/mol. The number of imidazole rings is 1. The van der Waals surface area contributed by atoms with Crippen LogP contribution < -0.4 is 0 Å². The number of carbonyl (C=O) groups excluding carboxylic acids is 1. The molecule has 0 saturated carbocycles. The number of rotatable bonds is 6. The van der Waals surface area contributed by atoms with Crippen molar-refractivity contribution in [3.05, 3.63) is 58.6 Å². The zero-order valence-corrected chi connectivity index (χ0v) is 15.5. The molecule has 0 atom stereocenters. The Bertz CT molecular complexity index is 869. The standard InChI is InChI=1S/C19H21N3O2S/c1-13-5-6-16(14(2)11-13)18-21-15(3)17(25-18)19(23)24-10-4-8-22-9-7-20-12-22/h5-7,9,11-12H,4,8,10H2,1-3H3. The van der Waals surface area contributed by atoms with Crippen LogP contribution in [0.4, 0.5) is 0 Å². The number of carbonyl (C=O) groups is 1. The molecule has 0 unspecified atom stereocenters. The average Bonchev–Trinajstić information content (AvgIpc) is 3.21. The molecule has 3 rings (SSSR count). The average molecular weight is 355 g/mol. The highest BCUT2D eigenvalue weighted by Crippen LogP contribution is 2.31. The fourth-order valence-corrected chi connectivity index (χ4v) is 3.70. The van der Waals surface area contributed by atoms with Crippen LogP contribution in [0.25, 0.3) is 10.6 Å². The fraction of sp³-hybridized carbons (Fsp3) is 0.316. The molecule has 0 aliphatic carbocycles. The van der Waals surface area contributed by atoms with Gasteiger partial charge in [0.1, 0.15) is 9.88 Å². The first-order valence-electron chi connectivity index (χ1n) is 8.22. The number of benzene rings is 1. The Labute approximate surface area is 151 Å². The summed E-state index contributed by atoms with van der Waals surface area (Å²) in [6, 6.07) is 6.25. The molecular formula is C19H21N3O2S. The summed E-state index contributed by atoms with van der Waals surface area (Å²) in [6.07, 6.45) is 6.14. The molecule has 6 heteroatoms.